The molecule has 0 atom stereocenters. The number of rotatable bonds is 1. The van der Waals surface area contributed by atoms with E-state index in [-0.39, 0.29) is 0 Å². The lowest BCUT2D eigenvalue weighted by molar-refractivity contribution is 0.916. The summed E-state index contributed by atoms with van der Waals surface area (Å²) in [4.78, 5) is 13.3. The van der Waals surface area contributed by atoms with Crippen molar-refractivity contribution >= 4 is 16.7 Å². The van der Waals surface area contributed by atoms with Gasteiger partial charge in [0.25, 0.3) is 0 Å². The zero-order chi connectivity index (χ0) is 13.7. The second-order valence-electron chi connectivity index (χ2n) is 4.71. The Morgan fingerprint density at radius 2 is 1.90 bits per heavy atom. The van der Waals surface area contributed by atoms with Crippen molar-refractivity contribution < 1.29 is 0 Å². The smallest absolute Gasteiger partial charge is 0.168 e. The third-order valence-corrected chi connectivity index (χ3v) is 3.65. The zero-order valence-electron chi connectivity index (χ0n) is 11.1. The third-order valence-electron chi connectivity index (χ3n) is 3.65. The molecule has 0 aliphatic heterocycles. The highest BCUT2D eigenvalue weighted by atomic mass is 15.3. The number of aryl methyl sites for hydroxylation is 1. The van der Waals surface area contributed by atoms with Crippen molar-refractivity contribution in [3.63, 3.8) is 0 Å². The lowest BCUT2D eigenvalue weighted by Gasteiger charge is -2.05. The summed E-state index contributed by atoms with van der Waals surface area (Å²) < 4.78 is 3.75. The lowest BCUT2D eigenvalue weighted by Crippen LogP contribution is -2.01. The van der Waals surface area contributed by atoms with Gasteiger partial charge in [0, 0.05) is 11.9 Å². The van der Waals surface area contributed by atoms with Crippen molar-refractivity contribution in [3.05, 3.63) is 48.3 Å². The first-order valence-corrected chi connectivity index (χ1v) is 6.34. The van der Waals surface area contributed by atoms with Crippen LogP contribution in [0.2, 0.25) is 0 Å². The molecule has 0 radical (unpaired) electrons. The molecule has 0 unspecified atom stereocenters. The van der Waals surface area contributed by atoms with E-state index in [4.69, 9.17) is 0 Å². The van der Waals surface area contributed by atoms with Crippen molar-refractivity contribution in [1.29, 1.82) is 0 Å². The van der Waals surface area contributed by atoms with Crippen molar-refractivity contribution in [2.75, 3.05) is 0 Å². The van der Waals surface area contributed by atoms with Crippen LogP contribution in [-0.4, -0.2) is 29.1 Å². The van der Waals surface area contributed by atoms with Crippen LogP contribution in [0.4, 0.5) is 0 Å². The summed E-state index contributed by atoms with van der Waals surface area (Å²) in [5.74, 6) is 0.861. The van der Waals surface area contributed by atoms with E-state index in [9.17, 15) is 0 Å². The Balaban J connectivity index is 2.20. The standard InChI is InChI=1S/C14H12N6/c1-9-10(2)20(11-5-3-4-6-15-11)14-12(9)13-16-7-18-19(13)8-17-14/h3-8H,1-2H3. The summed E-state index contributed by atoms with van der Waals surface area (Å²) in [7, 11) is 0. The number of nitrogens with zero attached hydrogens (tertiary/aromatic N) is 6. The minimum atomic E-state index is 0.824. The molecule has 0 aliphatic carbocycles. The highest BCUT2D eigenvalue weighted by molar-refractivity contribution is 5.94. The van der Waals surface area contributed by atoms with Gasteiger partial charge >= 0.3 is 0 Å². The number of pyridine rings is 1. The van der Waals surface area contributed by atoms with Gasteiger partial charge in [-0.1, -0.05) is 6.07 Å². The molecule has 4 aromatic heterocycles. The predicted octanol–water partition coefficient (Wildman–Crippen LogP) is 2.08. The number of fused-ring (bicyclic) bond motifs is 3. The molecule has 98 valence electrons. The number of hydrogen-bond acceptors (Lipinski definition) is 4. The summed E-state index contributed by atoms with van der Waals surface area (Å²) in [6.07, 6.45) is 5.01. The van der Waals surface area contributed by atoms with E-state index >= 15 is 0 Å². The van der Waals surface area contributed by atoms with Gasteiger partial charge in [-0.25, -0.2) is 19.5 Å². The Morgan fingerprint density at radius 3 is 2.70 bits per heavy atom. The quantitative estimate of drug-likeness (QED) is 0.528. The van der Waals surface area contributed by atoms with Gasteiger partial charge in [0.1, 0.15) is 18.5 Å². The van der Waals surface area contributed by atoms with Crippen LogP contribution in [-0.2, 0) is 0 Å². The van der Waals surface area contributed by atoms with Crippen LogP contribution in [0.25, 0.3) is 22.5 Å². The maximum Gasteiger partial charge on any atom is 0.168 e. The molecular weight excluding hydrogens is 252 g/mol. The van der Waals surface area contributed by atoms with Gasteiger partial charge in [0.05, 0.1) is 5.39 Å². The first-order valence-electron chi connectivity index (χ1n) is 6.34. The molecule has 4 heterocycles. The zero-order valence-corrected chi connectivity index (χ0v) is 11.1. The van der Waals surface area contributed by atoms with Crippen LogP contribution in [0.15, 0.2) is 37.1 Å². The summed E-state index contributed by atoms with van der Waals surface area (Å²) in [5, 5.41) is 5.16. The molecule has 0 saturated carbocycles. The molecule has 4 aromatic rings. The fourth-order valence-electron chi connectivity index (χ4n) is 2.57. The molecule has 0 spiro atoms. The van der Waals surface area contributed by atoms with E-state index in [1.165, 1.54) is 0 Å². The summed E-state index contributed by atoms with van der Waals surface area (Å²) in [6, 6.07) is 5.85. The summed E-state index contributed by atoms with van der Waals surface area (Å²) >= 11 is 0. The number of aromatic nitrogens is 6. The van der Waals surface area contributed by atoms with E-state index in [1.54, 1.807) is 23.4 Å². The normalized spacial score (nSPS) is 11.5. The summed E-state index contributed by atoms with van der Waals surface area (Å²) in [6.45, 7) is 4.14. The molecule has 0 N–H and O–H groups in total. The van der Waals surface area contributed by atoms with Gasteiger partial charge in [-0.15, -0.1) is 0 Å². The van der Waals surface area contributed by atoms with E-state index in [0.717, 1.165) is 33.8 Å². The maximum absolute atomic E-state index is 4.52. The topological polar surface area (TPSA) is 60.9 Å². The van der Waals surface area contributed by atoms with Crippen molar-refractivity contribution in [1.82, 2.24) is 29.1 Å². The second kappa shape index (κ2) is 3.86. The van der Waals surface area contributed by atoms with Gasteiger partial charge in [-0.2, -0.15) is 5.10 Å². The summed E-state index contributed by atoms with van der Waals surface area (Å²) in [5.41, 5.74) is 3.95. The van der Waals surface area contributed by atoms with E-state index in [0.29, 0.717) is 0 Å². The average Bonchev–Trinajstić information content (AvgIpc) is 3.04. The molecule has 20 heavy (non-hydrogen) atoms. The van der Waals surface area contributed by atoms with E-state index in [2.05, 4.69) is 38.5 Å². The highest BCUT2D eigenvalue weighted by Crippen LogP contribution is 2.28. The Morgan fingerprint density at radius 1 is 1.00 bits per heavy atom. The fourth-order valence-corrected chi connectivity index (χ4v) is 2.57. The van der Waals surface area contributed by atoms with Gasteiger partial charge in [-0.3, -0.25) is 4.57 Å². The SMILES string of the molecule is Cc1c(C)n(-c2ccccn2)c2ncn3ncnc3c12. The minimum Gasteiger partial charge on any atom is -0.282 e. The van der Waals surface area contributed by atoms with Gasteiger partial charge in [-0.05, 0) is 31.5 Å². The largest absolute Gasteiger partial charge is 0.282 e. The molecule has 0 aromatic carbocycles. The van der Waals surface area contributed by atoms with Crippen LogP contribution in [0.5, 0.6) is 0 Å². The molecule has 6 nitrogen and oxygen atoms in total. The molecule has 0 bridgehead atoms. The number of hydrogen-bond donors (Lipinski definition) is 0. The Labute approximate surface area is 114 Å². The third kappa shape index (κ3) is 1.33. The monoisotopic (exact) mass is 264 g/mol. The van der Waals surface area contributed by atoms with Crippen molar-refractivity contribution in [2.24, 2.45) is 0 Å². The van der Waals surface area contributed by atoms with Gasteiger partial charge < -0.3 is 0 Å². The van der Waals surface area contributed by atoms with Crippen LogP contribution in [0, 0.1) is 13.8 Å². The molecule has 6 heteroatoms. The maximum atomic E-state index is 4.52. The Bertz CT molecular complexity index is 919. The molecule has 0 amide bonds. The second-order valence-corrected chi connectivity index (χ2v) is 4.71. The molecule has 0 saturated heterocycles. The van der Waals surface area contributed by atoms with Crippen molar-refractivity contribution in [2.45, 2.75) is 13.8 Å². The van der Waals surface area contributed by atoms with Gasteiger partial charge in [0.2, 0.25) is 0 Å². The van der Waals surface area contributed by atoms with Crippen LogP contribution >= 0.6 is 0 Å². The Hall–Kier alpha value is -2.76. The molecule has 4 rings (SSSR count). The minimum absolute atomic E-state index is 0.824. The fraction of sp³-hybridized carbons (Fsp3) is 0.143. The lowest BCUT2D eigenvalue weighted by atomic mass is 10.2. The van der Waals surface area contributed by atoms with E-state index < -0.39 is 0 Å². The van der Waals surface area contributed by atoms with Crippen molar-refractivity contribution in [3.8, 4) is 5.82 Å². The molecule has 0 fully saturated rings. The van der Waals surface area contributed by atoms with Crippen LogP contribution < -0.4 is 0 Å². The van der Waals surface area contributed by atoms with Gasteiger partial charge in [0.15, 0.2) is 11.3 Å². The first kappa shape index (κ1) is 11.1. The Kier molecular flexibility index (Phi) is 2.14. The van der Waals surface area contributed by atoms with Crippen LogP contribution in [0.1, 0.15) is 11.3 Å². The molecular formula is C14H12N6. The van der Waals surface area contributed by atoms with E-state index in [1.807, 2.05) is 18.2 Å². The first-order chi connectivity index (χ1) is 9.77. The average molecular weight is 264 g/mol. The highest BCUT2D eigenvalue weighted by Gasteiger charge is 2.17. The predicted molar refractivity (Wildman–Crippen MR) is 74.9 cm³/mol. The van der Waals surface area contributed by atoms with Crippen LogP contribution in [0.3, 0.4) is 0 Å². The molecule has 0 aliphatic rings.